The largest absolute Gasteiger partial charge is 0.490 e. The molecule has 0 spiro atoms. The van der Waals surface area contributed by atoms with Crippen LogP contribution in [0.3, 0.4) is 0 Å². The standard InChI is InChI=1S/C14H15NOS/c15-14(13-5-2-8-17-13)10-3-1-4-12(9-10)16-11-6-7-11/h1-5,8-9,11,14H,6-7,15H2. The van der Waals surface area contributed by atoms with Crippen LogP contribution in [-0.4, -0.2) is 6.10 Å². The van der Waals surface area contributed by atoms with E-state index in [0.29, 0.717) is 6.10 Å². The normalized spacial score (nSPS) is 16.8. The molecule has 1 unspecified atom stereocenters. The molecular weight excluding hydrogens is 230 g/mol. The average molecular weight is 245 g/mol. The molecule has 1 heterocycles. The van der Waals surface area contributed by atoms with Gasteiger partial charge in [-0.3, -0.25) is 0 Å². The molecule has 2 nitrogen and oxygen atoms in total. The lowest BCUT2D eigenvalue weighted by atomic mass is 10.1. The zero-order valence-corrected chi connectivity index (χ0v) is 10.3. The fourth-order valence-corrected chi connectivity index (χ4v) is 2.55. The van der Waals surface area contributed by atoms with E-state index in [2.05, 4.69) is 23.6 Å². The highest BCUT2D eigenvalue weighted by Crippen LogP contribution is 2.30. The van der Waals surface area contributed by atoms with Crippen LogP contribution in [0, 0.1) is 0 Å². The maximum absolute atomic E-state index is 6.23. The molecule has 2 N–H and O–H groups in total. The monoisotopic (exact) mass is 245 g/mol. The predicted molar refractivity (Wildman–Crippen MR) is 70.4 cm³/mol. The molecule has 0 radical (unpaired) electrons. The zero-order chi connectivity index (χ0) is 11.7. The van der Waals surface area contributed by atoms with Crippen molar-refractivity contribution in [2.24, 2.45) is 5.73 Å². The van der Waals surface area contributed by atoms with Crippen LogP contribution in [0.5, 0.6) is 5.75 Å². The van der Waals surface area contributed by atoms with Gasteiger partial charge in [0.2, 0.25) is 0 Å². The molecule has 3 rings (SSSR count). The molecule has 17 heavy (non-hydrogen) atoms. The molecular formula is C14H15NOS. The number of hydrogen-bond acceptors (Lipinski definition) is 3. The third-order valence-electron chi connectivity index (χ3n) is 2.89. The van der Waals surface area contributed by atoms with E-state index in [-0.39, 0.29) is 6.04 Å². The van der Waals surface area contributed by atoms with Gasteiger partial charge in [0.05, 0.1) is 12.1 Å². The molecule has 1 saturated carbocycles. The van der Waals surface area contributed by atoms with Crippen molar-refractivity contribution in [2.75, 3.05) is 0 Å². The summed E-state index contributed by atoms with van der Waals surface area (Å²) >= 11 is 1.69. The van der Waals surface area contributed by atoms with Gasteiger partial charge >= 0.3 is 0 Å². The number of benzene rings is 1. The summed E-state index contributed by atoms with van der Waals surface area (Å²) in [6.07, 6.45) is 2.80. The molecule has 1 aromatic carbocycles. The van der Waals surface area contributed by atoms with Gasteiger partial charge in [0.1, 0.15) is 5.75 Å². The zero-order valence-electron chi connectivity index (χ0n) is 9.50. The van der Waals surface area contributed by atoms with Crippen LogP contribution < -0.4 is 10.5 Å². The van der Waals surface area contributed by atoms with Crippen LogP contribution in [0.25, 0.3) is 0 Å². The lowest BCUT2D eigenvalue weighted by Crippen LogP contribution is -2.10. The van der Waals surface area contributed by atoms with Crippen molar-refractivity contribution in [3.05, 3.63) is 52.2 Å². The highest BCUT2D eigenvalue weighted by atomic mass is 32.1. The van der Waals surface area contributed by atoms with Gasteiger partial charge in [-0.1, -0.05) is 18.2 Å². The van der Waals surface area contributed by atoms with Crippen LogP contribution in [0.4, 0.5) is 0 Å². The van der Waals surface area contributed by atoms with Crippen LogP contribution in [0.15, 0.2) is 41.8 Å². The summed E-state index contributed by atoms with van der Waals surface area (Å²) in [4.78, 5) is 1.19. The van der Waals surface area contributed by atoms with Gasteiger partial charge in [-0.2, -0.15) is 0 Å². The number of nitrogens with two attached hydrogens (primary N) is 1. The molecule has 1 fully saturated rings. The summed E-state index contributed by atoms with van der Waals surface area (Å²) in [6.45, 7) is 0. The average Bonchev–Trinajstić information content (AvgIpc) is 2.99. The molecule has 1 aliphatic rings. The minimum absolute atomic E-state index is 0.0437. The van der Waals surface area contributed by atoms with E-state index in [9.17, 15) is 0 Å². The highest BCUT2D eigenvalue weighted by Gasteiger charge is 2.23. The Labute approximate surface area is 105 Å². The van der Waals surface area contributed by atoms with Gasteiger partial charge < -0.3 is 10.5 Å². The Morgan fingerprint density at radius 3 is 2.82 bits per heavy atom. The Kier molecular flexibility index (Phi) is 2.87. The first-order valence-electron chi connectivity index (χ1n) is 5.88. The van der Waals surface area contributed by atoms with Crippen molar-refractivity contribution in [1.82, 2.24) is 0 Å². The van der Waals surface area contributed by atoms with Gasteiger partial charge in [-0.15, -0.1) is 11.3 Å². The second-order valence-electron chi connectivity index (χ2n) is 4.38. The molecule has 0 bridgehead atoms. The summed E-state index contributed by atoms with van der Waals surface area (Å²) in [5.74, 6) is 0.942. The van der Waals surface area contributed by atoms with Crippen LogP contribution >= 0.6 is 11.3 Å². The van der Waals surface area contributed by atoms with E-state index in [0.717, 1.165) is 11.3 Å². The number of hydrogen-bond donors (Lipinski definition) is 1. The molecule has 0 amide bonds. The lowest BCUT2D eigenvalue weighted by molar-refractivity contribution is 0.303. The Morgan fingerprint density at radius 1 is 1.24 bits per heavy atom. The number of thiophene rings is 1. The van der Waals surface area contributed by atoms with Gasteiger partial charge in [0, 0.05) is 4.88 Å². The fourth-order valence-electron chi connectivity index (χ4n) is 1.79. The van der Waals surface area contributed by atoms with Crippen LogP contribution in [0.1, 0.15) is 29.3 Å². The molecule has 0 aliphatic heterocycles. The summed E-state index contributed by atoms with van der Waals surface area (Å²) in [6, 6.07) is 12.2. The summed E-state index contributed by atoms with van der Waals surface area (Å²) in [5.41, 5.74) is 7.35. The Balaban J connectivity index is 1.81. The van der Waals surface area contributed by atoms with E-state index < -0.39 is 0 Å². The first kappa shape index (κ1) is 10.8. The van der Waals surface area contributed by atoms with Crippen molar-refractivity contribution >= 4 is 11.3 Å². The predicted octanol–water partition coefficient (Wildman–Crippen LogP) is 3.34. The number of ether oxygens (including phenoxy) is 1. The summed E-state index contributed by atoms with van der Waals surface area (Å²) in [5, 5.41) is 2.06. The third-order valence-corrected chi connectivity index (χ3v) is 3.85. The molecule has 88 valence electrons. The maximum Gasteiger partial charge on any atom is 0.120 e. The van der Waals surface area contributed by atoms with Crippen molar-refractivity contribution in [3.8, 4) is 5.75 Å². The molecule has 3 heteroatoms. The molecule has 2 aromatic rings. The maximum atomic E-state index is 6.23. The van der Waals surface area contributed by atoms with E-state index in [1.54, 1.807) is 11.3 Å². The smallest absolute Gasteiger partial charge is 0.120 e. The van der Waals surface area contributed by atoms with Crippen molar-refractivity contribution in [1.29, 1.82) is 0 Å². The molecule has 1 aromatic heterocycles. The van der Waals surface area contributed by atoms with Crippen molar-refractivity contribution < 1.29 is 4.74 Å². The minimum atomic E-state index is -0.0437. The Bertz CT molecular complexity index is 491. The highest BCUT2D eigenvalue weighted by molar-refractivity contribution is 7.10. The van der Waals surface area contributed by atoms with E-state index in [1.807, 2.05) is 18.2 Å². The van der Waals surface area contributed by atoms with Crippen molar-refractivity contribution in [3.63, 3.8) is 0 Å². The van der Waals surface area contributed by atoms with Crippen LogP contribution in [0.2, 0.25) is 0 Å². The first-order valence-corrected chi connectivity index (χ1v) is 6.76. The molecule has 1 atom stereocenters. The first-order chi connectivity index (χ1) is 8.33. The second-order valence-corrected chi connectivity index (χ2v) is 5.36. The van der Waals surface area contributed by atoms with Crippen molar-refractivity contribution in [2.45, 2.75) is 25.0 Å². The fraction of sp³-hybridized carbons (Fsp3) is 0.286. The SMILES string of the molecule is NC(c1cccc(OC2CC2)c1)c1cccs1. The molecule has 0 saturated heterocycles. The van der Waals surface area contributed by atoms with E-state index in [4.69, 9.17) is 10.5 Å². The topological polar surface area (TPSA) is 35.2 Å². The lowest BCUT2D eigenvalue weighted by Gasteiger charge is -2.12. The number of rotatable bonds is 4. The van der Waals surface area contributed by atoms with E-state index >= 15 is 0 Å². The summed E-state index contributed by atoms with van der Waals surface area (Å²) < 4.78 is 5.78. The Hall–Kier alpha value is -1.32. The van der Waals surface area contributed by atoms with E-state index in [1.165, 1.54) is 17.7 Å². The minimum Gasteiger partial charge on any atom is -0.490 e. The summed E-state index contributed by atoms with van der Waals surface area (Å²) in [7, 11) is 0. The quantitative estimate of drug-likeness (QED) is 0.896. The third kappa shape index (κ3) is 2.51. The Morgan fingerprint density at radius 2 is 2.12 bits per heavy atom. The molecule has 1 aliphatic carbocycles. The van der Waals surface area contributed by atoms with Gasteiger partial charge in [-0.25, -0.2) is 0 Å². The van der Waals surface area contributed by atoms with Gasteiger partial charge in [0.15, 0.2) is 0 Å². The van der Waals surface area contributed by atoms with Gasteiger partial charge in [-0.05, 0) is 42.0 Å². The second kappa shape index (κ2) is 4.51. The van der Waals surface area contributed by atoms with Crippen LogP contribution in [-0.2, 0) is 0 Å². The van der Waals surface area contributed by atoms with Gasteiger partial charge in [0.25, 0.3) is 0 Å².